The maximum absolute atomic E-state index is 12.0. The Balaban J connectivity index is 1.68. The third-order valence-corrected chi connectivity index (χ3v) is 4.31. The van der Waals surface area contributed by atoms with Crippen molar-refractivity contribution in [2.24, 2.45) is 10.2 Å². The van der Waals surface area contributed by atoms with E-state index in [0.29, 0.717) is 11.1 Å². The SMILES string of the molecule is Cc1cc(C(C)(C)C)ccc1OCC(=O)N=Nc1c(O)[nH]c2ccccc12. The van der Waals surface area contributed by atoms with Gasteiger partial charge in [-0.3, -0.25) is 4.79 Å². The summed E-state index contributed by atoms with van der Waals surface area (Å²) in [5.41, 5.74) is 3.18. The first-order valence-electron chi connectivity index (χ1n) is 8.74. The van der Waals surface area contributed by atoms with E-state index < -0.39 is 5.91 Å². The van der Waals surface area contributed by atoms with Crippen LogP contribution in [-0.4, -0.2) is 22.6 Å². The number of aromatic nitrogens is 1. The van der Waals surface area contributed by atoms with Gasteiger partial charge in [0, 0.05) is 5.39 Å². The van der Waals surface area contributed by atoms with Crippen molar-refractivity contribution in [1.29, 1.82) is 0 Å². The largest absolute Gasteiger partial charge is 0.493 e. The van der Waals surface area contributed by atoms with E-state index in [0.717, 1.165) is 11.1 Å². The molecule has 1 aromatic heterocycles. The van der Waals surface area contributed by atoms with Gasteiger partial charge in [0.1, 0.15) is 5.75 Å². The Morgan fingerprint density at radius 2 is 1.93 bits per heavy atom. The highest BCUT2D eigenvalue weighted by Crippen LogP contribution is 2.35. The zero-order chi connectivity index (χ0) is 19.6. The molecule has 0 bridgehead atoms. The first kappa shape index (κ1) is 18.6. The molecular weight excluding hydrogens is 342 g/mol. The molecule has 0 spiro atoms. The molecule has 27 heavy (non-hydrogen) atoms. The van der Waals surface area contributed by atoms with Crippen LogP contribution in [0, 0.1) is 6.92 Å². The van der Waals surface area contributed by atoms with E-state index in [1.807, 2.05) is 37.3 Å². The molecule has 0 aliphatic carbocycles. The van der Waals surface area contributed by atoms with Crippen LogP contribution >= 0.6 is 0 Å². The van der Waals surface area contributed by atoms with E-state index in [9.17, 15) is 9.90 Å². The molecule has 0 atom stereocenters. The monoisotopic (exact) mass is 365 g/mol. The Hall–Kier alpha value is -3.15. The van der Waals surface area contributed by atoms with Gasteiger partial charge in [-0.15, -0.1) is 10.2 Å². The second-order valence-corrected chi connectivity index (χ2v) is 7.48. The Kier molecular flexibility index (Phi) is 4.99. The van der Waals surface area contributed by atoms with Gasteiger partial charge >= 0.3 is 5.91 Å². The molecule has 0 aliphatic heterocycles. The predicted octanol–water partition coefficient (Wildman–Crippen LogP) is 5.17. The van der Waals surface area contributed by atoms with Crippen LogP contribution in [0.3, 0.4) is 0 Å². The van der Waals surface area contributed by atoms with Crippen molar-refractivity contribution < 1.29 is 14.6 Å². The van der Waals surface area contributed by atoms with Gasteiger partial charge in [-0.2, -0.15) is 0 Å². The molecule has 6 nitrogen and oxygen atoms in total. The first-order chi connectivity index (χ1) is 12.8. The number of aromatic hydroxyl groups is 1. The molecule has 1 heterocycles. The van der Waals surface area contributed by atoms with Gasteiger partial charge in [0.05, 0.1) is 5.52 Å². The molecule has 0 radical (unpaired) electrons. The number of hydrogen-bond donors (Lipinski definition) is 2. The molecule has 2 aromatic carbocycles. The van der Waals surface area contributed by atoms with Gasteiger partial charge in [0.2, 0.25) is 5.88 Å². The summed E-state index contributed by atoms with van der Waals surface area (Å²) < 4.78 is 5.58. The lowest BCUT2D eigenvalue weighted by molar-refractivity contribution is -0.120. The number of hydrogen-bond acceptors (Lipinski definition) is 4. The fourth-order valence-corrected chi connectivity index (χ4v) is 2.77. The summed E-state index contributed by atoms with van der Waals surface area (Å²) in [4.78, 5) is 14.8. The first-order valence-corrected chi connectivity index (χ1v) is 8.74. The van der Waals surface area contributed by atoms with Crippen LogP contribution in [0.15, 0.2) is 52.7 Å². The van der Waals surface area contributed by atoms with Gasteiger partial charge in [-0.25, -0.2) is 0 Å². The van der Waals surface area contributed by atoms with Crippen LogP contribution in [0.2, 0.25) is 0 Å². The van der Waals surface area contributed by atoms with Crippen molar-refractivity contribution >= 4 is 22.5 Å². The van der Waals surface area contributed by atoms with E-state index in [1.165, 1.54) is 5.56 Å². The second kappa shape index (κ2) is 7.23. The summed E-state index contributed by atoms with van der Waals surface area (Å²) in [5.74, 6) is -0.0113. The van der Waals surface area contributed by atoms with Crippen molar-refractivity contribution in [3.63, 3.8) is 0 Å². The number of nitrogens with zero attached hydrogens (tertiary/aromatic N) is 2. The number of amides is 1. The van der Waals surface area contributed by atoms with Crippen LogP contribution in [0.25, 0.3) is 10.9 Å². The average molecular weight is 365 g/mol. The fraction of sp³-hybridized carbons (Fsp3) is 0.286. The molecule has 3 aromatic rings. The third-order valence-electron chi connectivity index (χ3n) is 4.31. The summed E-state index contributed by atoms with van der Waals surface area (Å²) in [6.45, 7) is 8.16. The molecule has 3 rings (SSSR count). The van der Waals surface area contributed by atoms with Gasteiger partial charge in [0.25, 0.3) is 0 Å². The highest BCUT2D eigenvalue weighted by molar-refractivity contribution is 5.94. The average Bonchev–Trinajstić information content (AvgIpc) is 2.93. The van der Waals surface area contributed by atoms with Crippen LogP contribution in [-0.2, 0) is 10.2 Å². The number of carbonyl (C=O) groups is 1. The highest BCUT2D eigenvalue weighted by atomic mass is 16.5. The lowest BCUT2D eigenvalue weighted by Crippen LogP contribution is -2.12. The molecule has 0 unspecified atom stereocenters. The predicted molar refractivity (Wildman–Crippen MR) is 105 cm³/mol. The summed E-state index contributed by atoms with van der Waals surface area (Å²) in [7, 11) is 0. The number of aryl methyl sites for hydroxylation is 1. The number of aromatic amines is 1. The number of azo groups is 1. The van der Waals surface area contributed by atoms with Crippen LogP contribution in [0.4, 0.5) is 5.69 Å². The van der Waals surface area contributed by atoms with E-state index in [2.05, 4.69) is 42.1 Å². The topological polar surface area (TPSA) is 87.0 Å². The molecule has 6 heteroatoms. The zero-order valence-electron chi connectivity index (χ0n) is 15.9. The molecule has 0 fully saturated rings. The minimum Gasteiger partial charge on any atom is -0.493 e. The number of nitrogens with one attached hydrogen (secondary N) is 1. The van der Waals surface area contributed by atoms with Crippen LogP contribution < -0.4 is 4.74 Å². The maximum Gasteiger partial charge on any atom is 0.302 e. The molecule has 2 N–H and O–H groups in total. The molecule has 1 amide bonds. The Morgan fingerprint density at radius 1 is 1.19 bits per heavy atom. The molecule has 140 valence electrons. The fourth-order valence-electron chi connectivity index (χ4n) is 2.77. The molecule has 0 aliphatic rings. The Morgan fingerprint density at radius 3 is 2.63 bits per heavy atom. The molecular formula is C21H23N3O3. The minimum absolute atomic E-state index is 0.0503. The second-order valence-electron chi connectivity index (χ2n) is 7.48. The molecule has 0 saturated heterocycles. The van der Waals surface area contributed by atoms with E-state index >= 15 is 0 Å². The quantitative estimate of drug-likeness (QED) is 0.625. The number of H-pyrrole nitrogens is 1. The van der Waals surface area contributed by atoms with E-state index in [1.54, 1.807) is 6.07 Å². The number of carbonyl (C=O) groups excluding carboxylic acids is 1. The van der Waals surface area contributed by atoms with Crippen molar-refractivity contribution in [2.45, 2.75) is 33.1 Å². The van der Waals surface area contributed by atoms with Crippen LogP contribution in [0.1, 0.15) is 31.9 Å². The number of fused-ring (bicyclic) bond motifs is 1. The van der Waals surface area contributed by atoms with E-state index in [4.69, 9.17) is 4.74 Å². The number of benzene rings is 2. The summed E-state index contributed by atoms with van der Waals surface area (Å²) in [6, 6.07) is 13.2. The van der Waals surface area contributed by atoms with Crippen molar-refractivity contribution in [2.75, 3.05) is 6.61 Å². The van der Waals surface area contributed by atoms with Crippen LogP contribution in [0.5, 0.6) is 11.6 Å². The van der Waals surface area contributed by atoms with Crippen molar-refractivity contribution in [3.8, 4) is 11.6 Å². The highest BCUT2D eigenvalue weighted by Gasteiger charge is 2.15. The van der Waals surface area contributed by atoms with Gasteiger partial charge in [-0.1, -0.05) is 51.1 Å². The number of rotatable bonds is 4. The zero-order valence-corrected chi connectivity index (χ0v) is 15.9. The summed E-state index contributed by atoms with van der Waals surface area (Å²) in [6.07, 6.45) is 0. The Bertz CT molecular complexity index is 1010. The van der Waals surface area contributed by atoms with Crippen molar-refractivity contribution in [3.05, 3.63) is 53.6 Å². The minimum atomic E-state index is -0.529. The van der Waals surface area contributed by atoms with E-state index in [-0.39, 0.29) is 23.6 Å². The molecule has 0 saturated carbocycles. The van der Waals surface area contributed by atoms with Gasteiger partial charge in [-0.05, 0) is 35.6 Å². The summed E-state index contributed by atoms with van der Waals surface area (Å²) in [5, 5.41) is 18.2. The van der Waals surface area contributed by atoms with Crippen molar-refractivity contribution in [1.82, 2.24) is 4.98 Å². The van der Waals surface area contributed by atoms with Gasteiger partial charge < -0.3 is 14.8 Å². The lowest BCUT2D eigenvalue weighted by Gasteiger charge is -2.20. The summed E-state index contributed by atoms with van der Waals surface area (Å²) >= 11 is 0. The smallest absolute Gasteiger partial charge is 0.302 e. The Labute approximate surface area is 157 Å². The van der Waals surface area contributed by atoms with Gasteiger partial charge in [0.15, 0.2) is 12.3 Å². The normalized spacial score (nSPS) is 12.0. The standard InChI is InChI=1S/C21H23N3O3/c1-13-11-14(21(2,3)4)9-10-17(13)27-12-18(25)23-24-19-15-7-5-6-8-16(15)22-20(19)26/h5-11,22,26H,12H2,1-4H3. The number of para-hydroxylation sites is 1. The number of ether oxygens (including phenoxy) is 1. The maximum atomic E-state index is 12.0. The third kappa shape index (κ3) is 4.16. The lowest BCUT2D eigenvalue weighted by atomic mass is 9.86.